The summed E-state index contributed by atoms with van der Waals surface area (Å²) in [6.45, 7) is 6.09. The van der Waals surface area contributed by atoms with Crippen molar-refractivity contribution in [3.63, 3.8) is 0 Å². The molecule has 0 unspecified atom stereocenters. The summed E-state index contributed by atoms with van der Waals surface area (Å²) >= 11 is 3.41. The molecular weight excluding hydrogens is 322 g/mol. The maximum atomic E-state index is 5.73. The number of hydrogen-bond acceptors (Lipinski definition) is 5. The van der Waals surface area contributed by atoms with Gasteiger partial charge in [0.25, 0.3) is 0 Å². The number of hydrogen-bond donors (Lipinski definition) is 0. The second-order valence-electron chi connectivity index (χ2n) is 5.02. The molecule has 0 amide bonds. The van der Waals surface area contributed by atoms with Crippen molar-refractivity contribution in [3.05, 3.63) is 22.9 Å². The van der Waals surface area contributed by atoms with Crippen LogP contribution in [-0.2, 0) is 0 Å². The first-order valence-corrected chi connectivity index (χ1v) is 7.56. The van der Waals surface area contributed by atoms with Gasteiger partial charge in [0.2, 0.25) is 5.88 Å². The van der Waals surface area contributed by atoms with E-state index in [1.807, 2.05) is 12.1 Å². The van der Waals surface area contributed by atoms with Gasteiger partial charge >= 0.3 is 0 Å². The van der Waals surface area contributed by atoms with Gasteiger partial charge in [0.1, 0.15) is 11.2 Å². The summed E-state index contributed by atoms with van der Waals surface area (Å²) < 4.78 is 8.29. The Morgan fingerprint density at radius 2 is 2.05 bits per heavy atom. The van der Waals surface area contributed by atoms with Crippen LogP contribution in [0.15, 0.2) is 22.9 Å². The predicted octanol–water partition coefficient (Wildman–Crippen LogP) is 1.12. The van der Waals surface area contributed by atoms with Crippen LogP contribution in [0.25, 0.3) is 5.65 Å². The first-order chi connectivity index (χ1) is 9.72. The molecule has 0 N–H and O–H groups in total. The first-order valence-electron chi connectivity index (χ1n) is 6.76. The molecule has 1 saturated heterocycles. The number of fused-ring (bicyclic) bond motifs is 1. The van der Waals surface area contributed by atoms with E-state index in [9.17, 15) is 0 Å². The molecule has 3 rings (SSSR count). The van der Waals surface area contributed by atoms with Crippen LogP contribution in [-0.4, -0.2) is 70.8 Å². The molecule has 7 heteroatoms. The van der Waals surface area contributed by atoms with Crippen LogP contribution < -0.4 is 4.74 Å². The molecule has 2 aromatic heterocycles. The Morgan fingerprint density at radius 1 is 1.25 bits per heavy atom. The second-order valence-corrected chi connectivity index (χ2v) is 5.83. The fourth-order valence-electron chi connectivity index (χ4n) is 2.26. The van der Waals surface area contributed by atoms with Crippen LogP contribution in [0, 0.1) is 0 Å². The van der Waals surface area contributed by atoms with Gasteiger partial charge < -0.3 is 9.64 Å². The van der Waals surface area contributed by atoms with Crippen molar-refractivity contribution in [3.8, 4) is 5.88 Å². The summed E-state index contributed by atoms with van der Waals surface area (Å²) in [6, 6.07) is 3.77. The van der Waals surface area contributed by atoms with Gasteiger partial charge in [-0.15, -0.1) is 5.10 Å². The summed E-state index contributed by atoms with van der Waals surface area (Å²) in [7, 11) is 2.16. The second kappa shape index (κ2) is 6.07. The number of likely N-dealkylation sites (N-methyl/N-ethyl adjacent to an activating group) is 1. The molecule has 1 aliphatic rings. The molecule has 0 aromatic carbocycles. The fraction of sp³-hybridized carbons (Fsp3) is 0.538. The standard InChI is InChI=1S/C13H18BrN5O/c1-17-4-6-18(7-5-17)8-9-20-13-3-2-12-15-10-11(14)19(12)16-13/h2-3,10H,4-9H2,1H3. The van der Waals surface area contributed by atoms with E-state index in [-0.39, 0.29) is 0 Å². The van der Waals surface area contributed by atoms with Crippen molar-refractivity contribution in [2.75, 3.05) is 46.4 Å². The topological polar surface area (TPSA) is 45.9 Å². The van der Waals surface area contributed by atoms with Crippen molar-refractivity contribution in [2.45, 2.75) is 0 Å². The molecule has 1 fully saturated rings. The van der Waals surface area contributed by atoms with Gasteiger partial charge in [-0.2, -0.15) is 0 Å². The van der Waals surface area contributed by atoms with Crippen LogP contribution in [0.3, 0.4) is 0 Å². The first kappa shape index (κ1) is 13.8. The maximum absolute atomic E-state index is 5.73. The van der Waals surface area contributed by atoms with Crippen LogP contribution in [0.4, 0.5) is 0 Å². The van der Waals surface area contributed by atoms with E-state index >= 15 is 0 Å². The number of ether oxygens (including phenoxy) is 1. The molecule has 0 aliphatic carbocycles. The van der Waals surface area contributed by atoms with Gasteiger partial charge in [0, 0.05) is 38.8 Å². The molecule has 1 aliphatic heterocycles. The Balaban J connectivity index is 1.53. The minimum absolute atomic E-state index is 0.630. The van der Waals surface area contributed by atoms with Gasteiger partial charge in [-0.3, -0.25) is 4.90 Å². The van der Waals surface area contributed by atoms with Crippen LogP contribution in [0.2, 0.25) is 0 Å². The molecule has 0 spiro atoms. The number of aromatic nitrogens is 3. The Kier molecular flexibility index (Phi) is 4.18. The molecule has 108 valence electrons. The van der Waals surface area contributed by atoms with Crippen molar-refractivity contribution in [2.24, 2.45) is 0 Å². The molecule has 0 atom stereocenters. The lowest BCUT2D eigenvalue weighted by Gasteiger charge is -2.32. The van der Waals surface area contributed by atoms with Crippen LogP contribution in [0.1, 0.15) is 0 Å². The van der Waals surface area contributed by atoms with Gasteiger partial charge in [0.15, 0.2) is 5.65 Å². The summed E-state index contributed by atoms with van der Waals surface area (Å²) in [4.78, 5) is 8.98. The molecular formula is C13H18BrN5O. The fourth-order valence-corrected chi connectivity index (χ4v) is 2.62. The lowest BCUT2D eigenvalue weighted by molar-refractivity contribution is 0.132. The monoisotopic (exact) mass is 339 g/mol. The zero-order valence-corrected chi connectivity index (χ0v) is 13.1. The third-order valence-electron chi connectivity index (χ3n) is 3.55. The minimum atomic E-state index is 0.630. The molecule has 6 nitrogen and oxygen atoms in total. The summed E-state index contributed by atoms with van der Waals surface area (Å²) in [5.74, 6) is 0.630. The normalized spacial score (nSPS) is 17.7. The Bertz CT molecular complexity index is 579. The lowest BCUT2D eigenvalue weighted by Crippen LogP contribution is -2.45. The SMILES string of the molecule is CN1CCN(CCOc2ccc3ncc(Br)n3n2)CC1. The molecule has 0 bridgehead atoms. The van der Waals surface area contributed by atoms with E-state index in [0.717, 1.165) is 43.0 Å². The zero-order chi connectivity index (χ0) is 13.9. The number of rotatable bonds is 4. The third kappa shape index (κ3) is 3.11. The Labute approximate surface area is 126 Å². The summed E-state index contributed by atoms with van der Waals surface area (Å²) in [5.41, 5.74) is 0.809. The Hall–Kier alpha value is -1.18. The minimum Gasteiger partial charge on any atom is -0.475 e. The highest BCUT2D eigenvalue weighted by Crippen LogP contribution is 2.14. The molecule has 20 heavy (non-hydrogen) atoms. The molecule has 2 aromatic rings. The quantitative estimate of drug-likeness (QED) is 0.835. The average Bonchev–Trinajstić information content (AvgIpc) is 2.83. The van der Waals surface area contributed by atoms with Gasteiger partial charge in [-0.25, -0.2) is 9.50 Å². The van der Waals surface area contributed by atoms with Crippen LogP contribution >= 0.6 is 15.9 Å². The summed E-state index contributed by atoms with van der Waals surface area (Å²) in [6.07, 6.45) is 1.73. The highest BCUT2D eigenvalue weighted by molar-refractivity contribution is 9.10. The van der Waals surface area contributed by atoms with Crippen molar-refractivity contribution >= 4 is 21.6 Å². The van der Waals surface area contributed by atoms with E-state index in [0.29, 0.717) is 12.5 Å². The van der Waals surface area contributed by atoms with Crippen molar-refractivity contribution < 1.29 is 4.74 Å². The number of imidazole rings is 1. The Morgan fingerprint density at radius 3 is 2.85 bits per heavy atom. The molecule has 0 saturated carbocycles. The van der Waals surface area contributed by atoms with Crippen LogP contribution in [0.5, 0.6) is 5.88 Å². The number of nitrogens with zero attached hydrogens (tertiary/aromatic N) is 5. The largest absolute Gasteiger partial charge is 0.475 e. The highest BCUT2D eigenvalue weighted by atomic mass is 79.9. The molecule has 0 radical (unpaired) electrons. The highest BCUT2D eigenvalue weighted by Gasteiger charge is 2.13. The predicted molar refractivity (Wildman–Crippen MR) is 80.1 cm³/mol. The molecule has 3 heterocycles. The van der Waals surface area contributed by atoms with E-state index in [4.69, 9.17) is 4.74 Å². The van der Waals surface area contributed by atoms with E-state index in [1.54, 1.807) is 10.7 Å². The van der Waals surface area contributed by atoms with E-state index < -0.39 is 0 Å². The smallest absolute Gasteiger partial charge is 0.231 e. The third-order valence-corrected chi connectivity index (χ3v) is 4.09. The number of halogens is 1. The van der Waals surface area contributed by atoms with Crippen molar-refractivity contribution in [1.82, 2.24) is 24.4 Å². The maximum Gasteiger partial charge on any atom is 0.231 e. The van der Waals surface area contributed by atoms with Crippen molar-refractivity contribution in [1.29, 1.82) is 0 Å². The average molecular weight is 340 g/mol. The number of piperazine rings is 1. The zero-order valence-electron chi connectivity index (χ0n) is 11.5. The van der Waals surface area contributed by atoms with Gasteiger partial charge in [-0.05, 0) is 29.0 Å². The lowest BCUT2D eigenvalue weighted by atomic mass is 10.3. The van der Waals surface area contributed by atoms with Gasteiger partial charge in [0.05, 0.1) is 6.20 Å². The van der Waals surface area contributed by atoms with Gasteiger partial charge in [-0.1, -0.05) is 0 Å². The van der Waals surface area contributed by atoms with E-state index in [2.05, 4.69) is 42.9 Å². The van der Waals surface area contributed by atoms with E-state index in [1.165, 1.54) is 0 Å². The summed E-state index contributed by atoms with van der Waals surface area (Å²) in [5, 5.41) is 4.39.